The average Bonchev–Trinajstić information content (AvgIpc) is 3.65. The average molecular weight is 670 g/mol. The van der Waals surface area contributed by atoms with E-state index in [2.05, 4.69) is 16.3 Å². The molecule has 0 saturated carbocycles. The van der Waals surface area contributed by atoms with E-state index in [9.17, 15) is 14.7 Å². The van der Waals surface area contributed by atoms with Crippen LogP contribution in [0.4, 0.5) is 5.13 Å². The van der Waals surface area contributed by atoms with Crippen molar-refractivity contribution in [3.63, 3.8) is 0 Å². The molecule has 1 amide bonds. The third-order valence-electron chi connectivity index (χ3n) is 7.38. The van der Waals surface area contributed by atoms with Gasteiger partial charge in [-0.2, -0.15) is 0 Å². The van der Waals surface area contributed by atoms with Crippen LogP contribution in [0.5, 0.6) is 11.5 Å². The van der Waals surface area contributed by atoms with Gasteiger partial charge in [-0.25, -0.2) is 0 Å². The Balaban J connectivity index is 1.31. The number of amides is 1. The van der Waals surface area contributed by atoms with Gasteiger partial charge in [-0.05, 0) is 66.1 Å². The van der Waals surface area contributed by atoms with E-state index in [0.29, 0.717) is 44.3 Å². The fraction of sp³-hybridized carbons (Fsp3) is 0.143. The maximum absolute atomic E-state index is 13.6. The molecular formula is C35H28ClN3O5S2. The van der Waals surface area contributed by atoms with Gasteiger partial charge in [0, 0.05) is 16.3 Å². The Hall–Kier alpha value is -4.64. The lowest BCUT2D eigenvalue weighted by Gasteiger charge is -2.23. The number of methoxy groups -OCH3 is 1. The summed E-state index contributed by atoms with van der Waals surface area (Å²) in [7, 11) is 1.53. The summed E-state index contributed by atoms with van der Waals surface area (Å²) >= 11 is 8.92. The molecular weight excluding hydrogens is 642 g/mol. The Labute approximate surface area is 279 Å². The second kappa shape index (κ2) is 13.8. The Kier molecular flexibility index (Phi) is 9.39. The highest BCUT2D eigenvalue weighted by Crippen LogP contribution is 2.44. The molecule has 1 atom stereocenters. The summed E-state index contributed by atoms with van der Waals surface area (Å²) in [5.41, 5.74) is 3.98. The molecule has 8 nitrogen and oxygen atoms in total. The minimum atomic E-state index is -0.971. The van der Waals surface area contributed by atoms with Crippen LogP contribution in [-0.4, -0.2) is 34.1 Å². The maximum Gasteiger partial charge on any atom is 0.301 e. The molecule has 0 bridgehead atoms. The first kappa shape index (κ1) is 31.3. The lowest BCUT2D eigenvalue weighted by Crippen LogP contribution is -2.29. The van der Waals surface area contributed by atoms with Gasteiger partial charge in [-0.1, -0.05) is 94.9 Å². The number of carbonyl (C=O) groups is 2. The number of thioether (sulfide) groups is 1. The minimum Gasteiger partial charge on any atom is -0.507 e. The molecule has 1 aliphatic rings. The number of ketones is 1. The number of aliphatic hydroxyl groups is 1. The van der Waals surface area contributed by atoms with Crippen molar-refractivity contribution < 1.29 is 24.2 Å². The summed E-state index contributed by atoms with van der Waals surface area (Å²) in [5, 5.41) is 21.0. The first-order valence-electron chi connectivity index (χ1n) is 14.3. The predicted octanol–water partition coefficient (Wildman–Crippen LogP) is 8.01. The van der Waals surface area contributed by atoms with Gasteiger partial charge >= 0.3 is 5.91 Å². The third-order valence-corrected chi connectivity index (χ3v) is 9.85. The fourth-order valence-corrected chi connectivity index (χ4v) is 7.26. The lowest BCUT2D eigenvalue weighted by atomic mass is 9.95. The van der Waals surface area contributed by atoms with Crippen LogP contribution in [0.25, 0.3) is 5.76 Å². The number of halogens is 1. The van der Waals surface area contributed by atoms with E-state index in [1.807, 2.05) is 49.4 Å². The molecule has 1 aromatic heterocycles. The molecule has 1 unspecified atom stereocenters. The van der Waals surface area contributed by atoms with Crippen LogP contribution in [0.15, 0.2) is 107 Å². The largest absolute Gasteiger partial charge is 0.507 e. The Bertz CT molecular complexity index is 1940. The highest BCUT2D eigenvalue weighted by molar-refractivity contribution is 8.00. The van der Waals surface area contributed by atoms with Gasteiger partial charge in [0.25, 0.3) is 5.78 Å². The number of ether oxygens (including phenoxy) is 2. The second-order valence-electron chi connectivity index (χ2n) is 10.5. The van der Waals surface area contributed by atoms with Crippen LogP contribution in [0.2, 0.25) is 5.02 Å². The van der Waals surface area contributed by atoms with Crippen LogP contribution in [0, 0.1) is 6.92 Å². The smallest absolute Gasteiger partial charge is 0.301 e. The topological polar surface area (TPSA) is 102 Å². The van der Waals surface area contributed by atoms with E-state index < -0.39 is 17.7 Å². The van der Waals surface area contributed by atoms with Gasteiger partial charge < -0.3 is 14.6 Å². The molecule has 5 aromatic rings. The number of nitrogens with zero attached hydrogens (tertiary/aromatic N) is 3. The molecule has 0 aliphatic carbocycles. The number of hydrogen-bond donors (Lipinski definition) is 1. The number of anilines is 1. The molecule has 0 spiro atoms. The van der Waals surface area contributed by atoms with Gasteiger partial charge in [-0.3, -0.25) is 14.5 Å². The molecule has 232 valence electrons. The van der Waals surface area contributed by atoms with Crippen molar-refractivity contribution in [2.75, 3.05) is 12.0 Å². The van der Waals surface area contributed by atoms with Crippen molar-refractivity contribution >= 4 is 57.3 Å². The van der Waals surface area contributed by atoms with Gasteiger partial charge in [0.05, 0.1) is 18.7 Å². The van der Waals surface area contributed by atoms with Gasteiger partial charge in [-0.15, -0.1) is 10.2 Å². The number of Topliss-reactive ketones (excluding diaryl/α,β-unsaturated/α-hetero) is 1. The first-order valence-corrected chi connectivity index (χ1v) is 16.4. The monoisotopic (exact) mass is 669 g/mol. The van der Waals surface area contributed by atoms with Gasteiger partial charge in [0.2, 0.25) is 5.13 Å². The zero-order chi connectivity index (χ0) is 32.2. The number of hydrogen-bond acceptors (Lipinski definition) is 9. The normalized spacial score (nSPS) is 15.7. The fourth-order valence-electron chi connectivity index (χ4n) is 5.10. The molecule has 46 heavy (non-hydrogen) atoms. The summed E-state index contributed by atoms with van der Waals surface area (Å²) in [6.07, 6.45) is 0. The molecule has 1 saturated heterocycles. The summed E-state index contributed by atoms with van der Waals surface area (Å²) in [4.78, 5) is 28.5. The highest BCUT2D eigenvalue weighted by Gasteiger charge is 2.48. The second-order valence-corrected chi connectivity index (χ2v) is 13.1. The molecule has 1 fully saturated rings. The van der Waals surface area contributed by atoms with Crippen molar-refractivity contribution in [3.05, 3.63) is 135 Å². The predicted molar refractivity (Wildman–Crippen MR) is 181 cm³/mol. The quantitative estimate of drug-likeness (QED) is 0.0525. The Morgan fingerprint density at radius 3 is 2.50 bits per heavy atom. The number of aryl methyl sites for hydroxylation is 1. The standard InChI is InChI=1S/C35H28ClN3O5S2/c1-21-7-5-8-22(17-21)19-44-26-15-13-23(14-16-26)31(40)29-30(24-10-6-11-27(18-24)43-2)39(33(42)32(29)41)34-37-38-35(46-34)45-20-25-9-3-4-12-28(25)36/h3-18,30,40H,19-20H2,1-2H3. The lowest BCUT2D eigenvalue weighted by molar-refractivity contribution is -0.132. The third kappa shape index (κ3) is 6.64. The van der Waals surface area contributed by atoms with Crippen molar-refractivity contribution in [1.82, 2.24) is 10.2 Å². The summed E-state index contributed by atoms with van der Waals surface area (Å²) < 4.78 is 12.0. The van der Waals surface area contributed by atoms with Crippen molar-refractivity contribution in [3.8, 4) is 11.5 Å². The molecule has 1 N–H and O–H groups in total. The highest BCUT2D eigenvalue weighted by atomic mass is 35.5. The first-order chi connectivity index (χ1) is 22.3. The van der Waals surface area contributed by atoms with Crippen LogP contribution >= 0.6 is 34.7 Å². The van der Waals surface area contributed by atoms with Crippen molar-refractivity contribution in [2.45, 2.75) is 29.7 Å². The van der Waals surface area contributed by atoms with Crippen molar-refractivity contribution in [2.24, 2.45) is 0 Å². The molecule has 2 heterocycles. The molecule has 0 radical (unpaired) electrons. The van der Waals surface area contributed by atoms with Crippen LogP contribution in [-0.2, 0) is 21.9 Å². The van der Waals surface area contributed by atoms with Crippen molar-refractivity contribution in [1.29, 1.82) is 0 Å². The number of carbonyl (C=O) groups excluding carboxylic acids is 2. The zero-order valence-electron chi connectivity index (χ0n) is 24.8. The van der Waals surface area contributed by atoms with E-state index in [0.717, 1.165) is 16.7 Å². The van der Waals surface area contributed by atoms with Gasteiger partial charge in [0.15, 0.2) is 4.34 Å². The Morgan fingerprint density at radius 1 is 0.957 bits per heavy atom. The van der Waals surface area contributed by atoms with Gasteiger partial charge in [0.1, 0.15) is 23.9 Å². The summed E-state index contributed by atoms with van der Waals surface area (Å²) in [6.45, 7) is 2.41. The number of aromatic nitrogens is 2. The van der Waals surface area contributed by atoms with E-state index in [1.54, 1.807) is 48.5 Å². The SMILES string of the molecule is COc1cccc(C2C(=C(O)c3ccc(OCc4cccc(C)c4)cc3)C(=O)C(=O)N2c2nnc(SCc3ccccc3Cl)s2)c1. The summed E-state index contributed by atoms with van der Waals surface area (Å²) in [5.74, 6) is -0.268. The van der Waals surface area contributed by atoms with Crippen LogP contribution in [0.1, 0.15) is 33.9 Å². The van der Waals surface area contributed by atoms with Crippen LogP contribution < -0.4 is 14.4 Å². The maximum atomic E-state index is 13.6. The van der Waals surface area contributed by atoms with E-state index >= 15 is 0 Å². The molecule has 6 rings (SSSR count). The van der Waals surface area contributed by atoms with E-state index in [1.165, 1.54) is 35.1 Å². The molecule has 4 aromatic carbocycles. The molecule has 1 aliphatic heterocycles. The summed E-state index contributed by atoms with van der Waals surface area (Å²) in [6, 6.07) is 28.4. The number of rotatable bonds is 10. The van der Waals surface area contributed by atoms with Crippen LogP contribution in [0.3, 0.4) is 0 Å². The number of benzene rings is 4. The zero-order valence-corrected chi connectivity index (χ0v) is 27.2. The Morgan fingerprint density at radius 2 is 1.74 bits per heavy atom. The minimum absolute atomic E-state index is 0.0628. The van der Waals surface area contributed by atoms with E-state index in [4.69, 9.17) is 21.1 Å². The number of aliphatic hydroxyl groups excluding tert-OH is 1. The van der Waals surface area contributed by atoms with E-state index in [-0.39, 0.29) is 16.5 Å². The molecule has 11 heteroatoms.